The molecule has 4 heteroatoms. The van der Waals surface area contributed by atoms with Gasteiger partial charge in [0.2, 0.25) is 5.91 Å². The summed E-state index contributed by atoms with van der Waals surface area (Å²) in [5.41, 5.74) is 0.967. The predicted molar refractivity (Wildman–Crippen MR) is 74.7 cm³/mol. The van der Waals surface area contributed by atoms with E-state index in [0.29, 0.717) is 0 Å². The summed E-state index contributed by atoms with van der Waals surface area (Å²) in [5.74, 6) is 0.274. The van der Waals surface area contributed by atoms with Crippen LogP contribution in [0.25, 0.3) is 0 Å². The van der Waals surface area contributed by atoms with Crippen LogP contribution in [-0.2, 0) is 11.3 Å². The molecule has 2 aliphatic heterocycles. The van der Waals surface area contributed by atoms with Gasteiger partial charge in [0.15, 0.2) is 0 Å². The van der Waals surface area contributed by atoms with Gasteiger partial charge in [0, 0.05) is 39.8 Å². The Morgan fingerprint density at radius 2 is 2.05 bits per heavy atom. The van der Waals surface area contributed by atoms with E-state index in [2.05, 4.69) is 34.5 Å². The summed E-state index contributed by atoms with van der Waals surface area (Å²) >= 11 is 0. The molecule has 0 radical (unpaired) electrons. The molecular formula is C15H21N3O. The maximum Gasteiger partial charge on any atom is 0.244 e. The molecule has 1 aromatic carbocycles. The monoisotopic (exact) mass is 259 g/mol. The van der Waals surface area contributed by atoms with E-state index in [1.165, 1.54) is 5.56 Å². The number of nitrogens with one attached hydrogen (secondary N) is 1. The van der Waals surface area contributed by atoms with Crippen molar-refractivity contribution in [3.05, 3.63) is 35.9 Å². The van der Waals surface area contributed by atoms with E-state index in [9.17, 15) is 4.79 Å². The van der Waals surface area contributed by atoms with Crippen molar-refractivity contribution >= 4 is 5.91 Å². The second-order valence-electron chi connectivity index (χ2n) is 5.59. The lowest BCUT2D eigenvalue weighted by molar-refractivity contribution is -0.138. The van der Waals surface area contributed by atoms with E-state index in [4.69, 9.17) is 0 Å². The SMILES string of the molecule is CN1CCC2(CNCCN2Cc2ccccc2)C1=O. The minimum atomic E-state index is -0.317. The maximum atomic E-state index is 12.5. The topological polar surface area (TPSA) is 35.6 Å². The molecule has 102 valence electrons. The molecule has 2 heterocycles. The van der Waals surface area contributed by atoms with Gasteiger partial charge in [0.25, 0.3) is 0 Å². The molecule has 1 amide bonds. The summed E-state index contributed by atoms with van der Waals surface area (Å²) in [6.45, 7) is 4.41. The first-order valence-electron chi connectivity index (χ1n) is 6.98. The molecule has 4 nitrogen and oxygen atoms in total. The van der Waals surface area contributed by atoms with Crippen LogP contribution < -0.4 is 5.32 Å². The zero-order valence-electron chi connectivity index (χ0n) is 11.4. The van der Waals surface area contributed by atoms with Gasteiger partial charge in [-0.05, 0) is 12.0 Å². The Labute approximate surface area is 114 Å². The third-order valence-electron chi connectivity index (χ3n) is 4.40. The minimum absolute atomic E-state index is 0.274. The van der Waals surface area contributed by atoms with E-state index < -0.39 is 0 Å². The molecule has 2 aliphatic rings. The van der Waals surface area contributed by atoms with Crippen molar-refractivity contribution in [2.45, 2.75) is 18.5 Å². The van der Waals surface area contributed by atoms with Gasteiger partial charge in [-0.3, -0.25) is 9.69 Å². The van der Waals surface area contributed by atoms with Crippen molar-refractivity contribution in [3.8, 4) is 0 Å². The van der Waals surface area contributed by atoms with E-state index in [1.807, 2.05) is 18.0 Å². The Balaban J connectivity index is 1.84. The largest absolute Gasteiger partial charge is 0.344 e. The summed E-state index contributed by atoms with van der Waals surface area (Å²) < 4.78 is 0. The van der Waals surface area contributed by atoms with E-state index in [0.717, 1.165) is 39.1 Å². The Bertz CT molecular complexity index is 458. The van der Waals surface area contributed by atoms with Crippen LogP contribution in [0.4, 0.5) is 0 Å². The number of carbonyl (C=O) groups excluding carboxylic acids is 1. The molecule has 2 saturated heterocycles. The van der Waals surface area contributed by atoms with Crippen molar-refractivity contribution in [3.63, 3.8) is 0 Å². The highest BCUT2D eigenvalue weighted by Crippen LogP contribution is 2.31. The molecule has 19 heavy (non-hydrogen) atoms. The molecular weight excluding hydrogens is 238 g/mol. The number of rotatable bonds is 2. The number of benzene rings is 1. The third-order valence-corrected chi connectivity index (χ3v) is 4.40. The Morgan fingerprint density at radius 1 is 1.26 bits per heavy atom. The Hall–Kier alpha value is -1.39. The van der Waals surface area contributed by atoms with Crippen LogP contribution in [0.15, 0.2) is 30.3 Å². The van der Waals surface area contributed by atoms with Crippen molar-refractivity contribution in [2.75, 3.05) is 33.2 Å². The number of likely N-dealkylation sites (tertiary alicyclic amines) is 1. The first kappa shape index (κ1) is 12.6. The summed E-state index contributed by atoms with van der Waals surface area (Å²) in [5, 5.41) is 3.40. The van der Waals surface area contributed by atoms with Gasteiger partial charge in [-0.1, -0.05) is 30.3 Å². The zero-order valence-corrected chi connectivity index (χ0v) is 11.4. The van der Waals surface area contributed by atoms with Crippen molar-refractivity contribution in [2.24, 2.45) is 0 Å². The van der Waals surface area contributed by atoms with Crippen LogP contribution in [0.3, 0.4) is 0 Å². The van der Waals surface area contributed by atoms with Crippen LogP contribution in [-0.4, -0.2) is 54.5 Å². The highest BCUT2D eigenvalue weighted by Gasteiger charge is 2.50. The fourth-order valence-corrected chi connectivity index (χ4v) is 3.24. The lowest BCUT2D eigenvalue weighted by Crippen LogP contribution is -2.64. The van der Waals surface area contributed by atoms with Crippen molar-refractivity contribution < 1.29 is 4.79 Å². The number of nitrogens with zero attached hydrogens (tertiary/aromatic N) is 2. The molecule has 1 unspecified atom stereocenters. The summed E-state index contributed by atoms with van der Waals surface area (Å²) in [6.07, 6.45) is 0.933. The molecule has 1 aromatic rings. The van der Waals surface area contributed by atoms with Gasteiger partial charge >= 0.3 is 0 Å². The average Bonchev–Trinajstić information content (AvgIpc) is 2.72. The number of piperazine rings is 1. The van der Waals surface area contributed by atoms with Crippen molar-refractivity contribution in [1.29, 1.82) is 0 Å². The fourth-order valence-electron chi connectivity index (χ4n) is 3.24. The molecule has 1 N–H and O–H groups in total. The standard InChI is InChI=1S/C15H21N3O/c1-17-9-7-15(14(17)19)12-16-8-10-18(15)11-13-5-3-2-4-6-13/h2-6,16H,7-12H2,1H3. The number of hydrogen-bond acceptors (Lipinski definition) is 3. The Morgan fingerprint density at radius 3 is 2.74 bits per heavy atom. The molecule has 2 fully saturated rings. The molecule has 3 rings (SSSR count). The average molecular weight is 259 g/mol. The molecule has 0 saturated carbocycles. The summed E-state index contributed by atoms with van der Waals surface area (Å²) in [6, 6.07) is 10.4. The second-order valence-corrected chi connectivity index (χ2v) is 5.59. The number of carbonyl (C=O) groups is 1. The summed E-state index contributed by atoms with van der Waals surface area (Å²) in [4.78, 5) is 16.8. The van der Waals surface area contributed by atoms with Crippen LogP contribution in [0.5, 0.6) is 0 Å². The van der Waals surface area contributed by atoms with Crippen molar-refractivity contribution in [1.82, 2.24) is 15.1 Å². The fraction of sp³-hybridized carbons (Fsp3) is 0.533. The zero-order chi connectivity index (χ0) is 13.3. The Kier molecular flexibility index (Phi) is 3.29. The lowest BCUT2D eigenvalue weighted by atomic mass is 9.92. The second kappa shape index (κ2) is 4.94. The van der Waals surface area contributed by atoms with E-state index in [-0.39, 0.29) is 11.4 Å². The third kappa shape index (κ3) is 2.15. The first-order valence-corrected chi connectivity index (χ1v) is 6.98. The van der Waals surface area contributed by atoms with E-state index in [1.54, 1.807) is 0 Å². The first-order chi connectivity index (χ1) is 9.22. The van der Waals surface area contributed by atoms with Gasteiger partial charge in [0.05, 0.1) is 0 Å². The predicted octanol–water partition coefficient (Wildman–Crippen LogP) is 0.693. The van der Waals surface area contributed by atoms with Crippen LogP contribution >= 0.6 is 0 Å². The van der Waals surface area contributed by atoms with Gasteiger partial charge in [-0.2, -0.15) is 0 Å². The van der Waals surface area contributed by atoms with Crippen LogP contribution in [0, 0.1) is 0 Å². The maximum absolute atomic E-state index is 12.5. The summed E-state index contributed by atoms with van der Waals surface area (Å²) in [7, 11) is 1.91. The van der Waals surface area contributed by atoms with Gasteiger partial charge in [0.1, 0.15) is 5.54 Å². The van der Waals surface area contributed by atoms with Crippen LogP contribution in [0.2, 0.25) is 0 Å². The highest BCUT2D eigenvalue weighted by atomic mass is 16.2. The van der Waals surface area contributed by atoms with Gasteiger partial charge in [-0.15, -0.1) is 0 Å². The highest BCUT2D eigenvalue weighted by molar-refractivity contribution is 5.88. The lowest BCUT2D eigenvalue weighted by Gasteiger charge is -2.43. The molecule has 1 spiro atoms. The molecule has 1 atom stereocenters. The minimum Gasteiger partial charge on any atom is -0.344 e. The molecule has 0 aliphatic carbocycles. The number of likely N-dealkylation sites (N-methyl/N-ethyl adjacent to an activating group) is 1. The normalized spacial score (nSPS) is 28.3. The van der Waals surface area contributed by atoms with E-state index >= 15 is 0 Å². The van der Waals surface area contributed by atoms with Gasteiger partial charge in [-0.25, -0.2) is 0 Å². The number of amides is 1. The quantitative estimate of drug-likeness (QED) is 0.849. The molecule has 0 aromatic heterocycles. The smallest absolute Gasteiger partial charge is 0.244 e. The number of hydrogen-bond donors (Lipinski definition) is 1. The van der Waals surface area contributed by atoms with Gasteiger partial charge < -0.3 is 10.2 Å². The van der Waals surface area contributed by atoms with Crippen LogP contribution in [0.1, 0.15) is 12.0 Å². The molecule has 0 bridgehead atoms.